The number of aliphatic imine (C=N–C) groups is 1. The van der Waals surface area contributed by atoms with Gasteiger partial charge in [-0.05, 0) is 36.6 Å². The molecule has 0 spiro atoms. The van der Waals surface area contributed by atoms with Crippen LogP contribution in [0.2, 0.25) is 5.02 Å². The van der Waals surface area contributed by atoms with E-state index >= 15 is 0 Å². The molecule has 0 saturated heterocycles. The highest BCUT2D eigenvalue weighted by Crippen LogP contribution is 2.15. The standard InChI is InChI=1S/C20H27ClN4O2S.HI/c1-15(2)25-28(26,27)14-18-10-5-4-8-16(18)12-23-20(22-3)24-13-17-9-6-7-11-19(17)21;/h4-11,15,25H,12-14H2,1-3H3,(H2,22,23,24);1H. The van der Waals surface area contributed by atoms with Crippen molar-refractivity contribution >= 4 is 51.6 Å². The van der Waals surface area contributed by atoms with Crippen LogP contribution in [0.5, 0.6) is 0 Å². The summed E-state index contributed by atoms with van der Waals surface area (Å²) in [5, 5.41) is 7.13. The fourth-order valence-electron chi connectivity index (χ4n) is 2.70. The van der Waals surface area contributed by atoms with Gasteiger partial charge in [0.25, 0.3) is 0 Å². The highest BCUT2D eigenvalue weighted by molar-refractivity contribution is 14.0. The molecule has 0 saturated carbocycles. The zero-order chi connectivity index (χ0) is 20.6. The molecule has 2 aromatic rings. The van der Waals surface area contributed by atoms with Gasteiger partial charge in [0.2, 0.25) is 10.0 Å². The molecule has 0 aromatic heterocycles. The number of sulfonamides is 1. The van der Waals surface area contributed by atoms with Crippen LogP contribution >= 0.6 is 35.6 Å². The number of nitrogens with one attached hydrogen (secondary N) is 3. The molecule has 0 aliphatic carbocycles. The van der Waals surface area contributed by atoms with E-state index in [1.807, 2.05) is 48.5 Å². The Bertz CT molecular complexity index is 920. The Morgan fingerprint density at radius 3 is 2.03 bits per heavy atom. The molecule has 0 unspecified atom stereocenters. The number of guanidine groups is 1. The summed E-state index contributed by atoms with van der Waals surface area (Å²) in [4.78, 5) is 4.21. The lowest BCUT2D eigenvalue weighted by Gasteiger charge is -2.15. The number of hydrogen-bond acceptors (Lipinski definition) is 3. The van der Waals surface area contributed by atoms with Gasteiger partial charge in [-0.15, -0.1) is 24.0 Å². The summed E-state index contributed by atoms with van der Waals surface area (Å²) in [5.74, 6) is 0.548. The minimum atomic E-state index is -3.39. The number of nitrogens with zero attached hydrogens (tertiary/aromatic N) is 1. The van der Waals surface area contributed by atoms with Gasteiger partial charge in [-0.25, -0.2) is 13.1 Å². The minimum Gasteiger partial charge on any atom is -0.352 e. The lowest BCUT2D eigenvalue weighted by Crippen LogP contribution is -2.36. The van der Waals surface area contributed by atoms with E-state index in [4.69, 9.17) is 11.6 Å². The number of rotatable bonds is 8. The Hall–Kier alpha value is -1.36. The molecule has 0 aliphatic rings. The van der Waals surface area contributed by atoms with Gasteiger partial charge in [-0.3, -0.25) is 4.99 Å². The van der Waals surface area contributed by atoms with Gasteiger partial charge < -0.3 is 10.6 Å². The van der Waals surface area contributed by atoms with Crippen LogP contribution < -0.4 is 15.4 Å². The molecule has 0 aliphatic heterocycles. The molecule has 0 fully saturated rings. The Labute approximate surface area is 195 Å². The highest BCUT2D eigenvalue weighted by Gasteiger charge is 2.15. The van der Waals surface area contributed by atoms with Crippen LogP contribution in [0.25, 0.3) is 0 Å². The Morgan fingerprint density at radius 1 is 0.966 bits per heavy atom. The fraction of sp³-hybridized carbons (Fsp3) is 0.350. The average Bonchev–Trinajstić information content (AvgIpc) is 2.63. The first-order valence-electron chi connectivity index (χ1n) is 9.05. The van der Waals surface area contributed by atoms with Crippen molar-refractivity contribution in [2.75, 3.05) is 7.05 Å². The lowest BCUT2D eigenvalue weighted by atomic mass is 10.1. The summed E-state index contributed by atoms with van der Waals surface area (Å²) < 4.78 is 27.2. The molecular formula is C20H28ClIN4O2S. The third-order valence-electron chi connectivity index (χ3n) is 3.95. The zero-order valence-electron chi connectivity index (χ0n) is 16.8. The van der Waals surface area contributed by atoms with Crippen molar-refractivity contribution in [3.63, 3.8) is 0 Å². The van der Waals surface area contributed by atoms with Gasteiger partial charge in [0.15, 0.2) is 5.96 Å². The summed E-state index contributed by atoms with van der Waals surface area (Å²) in [6.45, 7) is 4.60. The van der Waals surface area contributed by atoms with E-state index in [1.54, 1.807) is 20.9 Å². The molecule has 9 heteroatoms. The van der Waals surface area contributed by atoms with Gasteiger partial charge in [-0.1, -0.05) is 54.1 Å². The van der Waals surface area contributed by atoms with Gasteiger partial charge in [0.1, 0.15) is 0 Å². The van der Waals surface area contributed by atoms with Crippen molar-refractivity contribution in [2.24, 2.45) is 4.99 Å². The molecule has 29 heavy (non-hydrogen) atoms. The number of halogens is 2. The Kier molecular flexibility index (Phi) is 10.9. The molecule has 6 nitrogen and oxygen atoms in total. The summed E-state index contributed by atoms with van der Waals surface area (Å²) in [5.41, 5.74) is 2.63. The van der Waals surface area contributed by atoms with Gasteiger partial charge >= 0.3 is 0 Å². The Balaban J connectivity index is 0.00000420. The van der Waals surface area contributed by atoms with Crippen LogP contribution in [-0.4, -0.2) is 27.5 Å². The summed E-state index contributed by atoms with van der Waals surface area (Å²) in [6.07, 6.45) is 0. The molecule has 0 atom stereocenters. The van der Waals surface area contributed by atoms with Gasteiger partial charge in [-0.2, -0.15) is 0 Å². The first kappa shape index (κ1) is 25.7. The first-order chi connectivity index (χ1) is 13.3. The van der Waals surface area contributed by atoms with Crippen LogP contribution in [0.4, 0.5) is 0 Å². The predicted octanol–water partition coefficient (Wildman–Crippen LogP) is 3.65. The van der Waals surface area contributed by atoms with E-state index in [1.165, 1.54) is 0 Å². The van der Waals surface area contributed by atoms with Crippen molar-refractivity contribution in [1.29, 1.82) is 0 Å². The van der Waals surface area contributed by atoms with Crippen molar-refractivity contribution in [1.82, 2.24) is 15.4 Å². The SMILES string of the molecule is CN=C(NCc1ccccc1Cl)NCc1ccccc1CS(=O)(=O)NC(C)C.I. The Morgan fingerprint density at radius 2 is 1.48 bits per heavy atom. The van der Waals surface area contributed by atoms with E-state index < -0.39 is 10.0 Å². The first-order valence-corrected chi connectivity index (χ1v) is 11.1. The van der Waals surface area contributed by atoms with Gasteiger partial charge in [0.05, 0.1) is 5.75 Å². The summed E-state index contributed by atoms with van der Waals surface area (Å²) >= 11 is 6.18. The van der Waals surface area contributed by atoms with Crippen LogP contribution in [0, 0.1) is 0 Å². The van der Waals surface area contributed by atoms with E-state index in [2.05, 4.69) is 20.3 Å². The van der Waals surface area contributed by atoms with E-state index in [0.29, 0.717) is 24.1 Å². The quantitative estimate of drug-likeness (QED) is 0.266. The van der Waals surface area contributed by atoms with Crippen LogP contribution in [0.3, 0.4) is 0 Å². The molecule has 0 bridgehead atoms. The molecule has 3 N–H and O–H groups in total. The summed E-state index contributed by atoms with van der Waals surface area (Å²) in [7, 11) is -1.70. The van der Waals surface area contributed by atoms with E-state index in [9.17, 15) is 8.42 Å². The van der Waals surface area contributed by atoms with Crippen molar-refractivity contribution in [3.05, 3.63) is 70.2 Å². The molecule has 2 rings (SSSR count). The van der Waals surface area contributed by atoms with Crippen molar-refractivity contribution in [3.8, 4) is 0 Å². The maximum absolute atomic E-state index is 12.3. The second-order valence-corrected chi connectivity index (χ2v) is 8.83. The van der Waals surface area contributed by atoms with E-state index in [0.717, 1.165) is 16.7 Å². The molecule has 2 aromatic carbocycles. The van der Waals surface area contributed by atoms with Crippen LogP contribution in [0.1, 0.15) is 30.5 Å². The van der Waals surface area contributed by atoms with Crippen LogP contribution in [0.15, 0.2) is 53.5 Å². The minimum absolute atomic E-state index is 0. The largest absolute Gasteiger partial charge is 0.352 e. The van der Waals surface area contributed by atoms with Crippen molar-refractivity contribution in [2.45, 2.75) is 38.7 Å². The number of hydrogen-bond donors (Lipinski definition) is 3. The lowest BCUT2D eigenvalue weighted by molar-refractivity contribution is 0.568. The zero-order valence-corrected chi connectivity index (χ0v) is 20.7. The molecule has 160 valence electrons. The van der Waals surface area contributed by atoms with Gasteiger partial charge in [0, 0.05) is 31.2 Å². The van der Waals surface area contributed by atoms with Crippen molar-refractivity contribution < 1.29 is 8.42 Å². The molecular weight excluding hydrogens is 523 g/mol. The third-order valence-corrected chi connectivity index (χ3v) is 5.84. The average molecular weight is 551 g/mol. The van der Waals surface area contributed by atoms with Crippen LogP contribution in [-0.2, 0) is 28.9 Å². The van der Waals surface area contributed by atoms with E-state index in [-0.39, 0.29) is 35.8 Å². The maximum Gasteiger partial charge on any atom is 0.216 e. The maximum atomic E-state index is 12.3. The highest BCUT2D eigenvalue weighted by atomic mass is 127. The smallest absolute Gasteiger partial charge is 0.216 e. The molecule has 0 radical (unpaired) electrons. The monoisotopic (exact) mass is 550 g/mol. The topological polar surface area (TPSA) is 82.6 Å². The summed E-state index contributed by atoms with van der Waals surface area (Å²) in [6, 6.07) is 14.9. The second-order valence-electron chi connectivity index (χ2n) is 6.67. The molecule has 0 heterocycles. The predicted molar refractivity (Wildman–Crippen MR) is 131 cm³/mol. The molecule has 0 amide bonds. The normalized spacial score (nSPS) is 11.8. The third kappa shape index (κ3) is 8.90. The second kappa shape index (κ2) is 12.4. The number of benzene rings is 2. The fourth-order valence-corrected chi connectivity index (χ4v) is 4.39.